The Bertz CT molecular complexity index is 372. The Morgan fingerprint density at radius 3 is 2.50 bits per heavy atom. The monoisotopic (exact) mass is 223 g/mol. The number of unbranched alkanes of at least 4 members (excludes halogenated alkanes) is 1. The van der Waals surface area contributed by atoms with Crippen LogP contribution >= 0.6 is 0 Å². The topological polar surface area (TPSA) is 43.1 Å². The van der Waals surface area contributed by atoms with Crippen molar-refractivity contribution in [3.8, 4) is 0 Å². The fourth-order valence-electron chi connectivity index (χ4n) is 1.58. The minimum Gasteiger partial charge on any atom is -0.438 e. The molecular weight excluding hydrogens is 202 g/mol. The smallest absolute Gasteiger partial charge is 0.200 e. The zero-order valence-electron chi connectivity index (χ0n) is 10.9. The van der Waals surface area contributed by atoms with Gasteiger partial charge in [-0.2, -0.15) is 0 Å². The first-order valence-corrected chi connectivity index (χ1v) is 5.87. The van der Waals surface area contributed by atoms with Crippen molar-refractivity contribution in [2.45, 2.75) is 59.3 Å². The molecule has 16 heavy (non-hydrogen) atoms. The molecule has 0 atom stereocenters. The molecule has 0 radical (unpaired) electrons. The molecule has 0 aliphatic rings. The fraction of sp³-hybridized carbons (Fsp3) is 0.692. The molecule has 90 valence electrons. The third kappa shape index (κ3) is 2.94. The van der Waals surface area contributed by atoms with E-state index in [0.29, 0.717) is 18.1 Å². The first kappa shape index (κ1) is 12.9. The van der Waals surface area contributed by atoms with Gasteiger partial charge >= 0.3 is 0 Å². The molecule has 1 aromatic rings. The summed E-state index contributed by atoms with van der Waals surface area (Å²) in [5.74, 6) is 1.11. The van der Waals surface area contributed by atoms with Crippen molar-refractivity contribution in [3.05, 3.63) is 17.3 Å². The number of aromatic nitrogens is 1. The number of nitrogens with zero attached hydrogens (tertiary/aromatic N) is 1. The van der Waals surface area contributed by atoms with Gasteiger partial charge in [-0.25, -0.2) is 4.98 Å². The molecule has 0 aliphatic heterocycles. The number of ketones is 1. The van der Waals surface area contributed by atoms with Gasteiger partial charge in [-0.3, -0.25) is 4.79 Å². The van der Waals surface area contributed by atoms with Gasteiger partial charge in [0.1, 0.15) is 0 Å². The predicted molar refractivity (Wildman–Crippen MR) is 63.8 cm³/mol. The van der Waals surface area contributed by atoms with Crippen LogP contribution in [-0.2, 0) is 5.41 Å². The summed E-state index contributed by atoms with van der Waals surface area (Å²) in [6, 6.07) is 0. The second-order valence-electron chi connectivity index (χ2n) is 5.19. The molecule has 0 saturated carbocycles. The van der Waals surface area contributed by atoms with Crippen molar-refractivity contribution in [3.63, 3.8) is 0 Å². The summed E-state index contributed by atoms with van der Waals surface area (Å²) < 4.78 is 5.44. The van der Waals surface area contributed by atoms with Crippen LogP contribution in [0.2, 0.25) is 0 Å². The van der Waals surface area contributed by atoms with Crippen LogP contribution in [-0.4, -0.2) is 10.8 Å². The third-order valence-electron chi connectivity index (χ3n) is 2.46. The van der Waals surface area contributed by atoms with Gasteiger partial charge in [0.2, 0.25) is 0 Å². The van der Waals surface area contributed by atoms with Crippen LogP contribution in [0.5, 0.6) is 0 Å². The highest BCUT2D eigenvalue weighted by atomic mass is 16.4. The van der Waals surface area contributed by atoms with E-state index in [9.17, 15) is 4.79 Å². The average Bonchev–Trinajstić information content (AvgIpc) is 2.56. The van der Waals surface area contributed by atoms with Gasteiger partial charge in [0, 0.05) is 18.8 Å². The first-order chi connectivity index (χ1) is 7.36. The molecule has 3 nitrogen and oxygen atoms in total. The fourth-order valence-corrected chi connectivity index (χ4v) is 1.58. The molecule has 0 unspecified atom stereocenters. The Kier molecular flexibility index (Phi) is 3.89. The molecule has 0 saturated heterocycles. The largest absolute Gasteiger partial charge is 0.438 e. The quantitative estimate of drug-likeness (QED) is 0.732. The van der Waals surface area contributed by atoms with Gasteiger partial charge in [-0.1, -0.05) is 34.1 Å². The Morgan fingerprint density at radius 1 is 1.38 bits per heavy atom. The zero-order valence-corrected chi connectivity index (χ0v) is 10.9. The lowest BCUT2D eigenvalue weighted by molar-refractivity contribution is 0.0948. The van der Waals surface area contributed by atoms with Gasteiger partial charge in [-0.15, -0.1) is 0 Å². The molecule has 1 heterocycles. The van der Waals surface area contributed by atoms with E-state index in [-0.39, 0.29) is 11.2 Å². The number of hydrogen-bond donors (Lipinski definition) is 0. The molecular formula is C13H21NO2. The van der Waals surface area contributed by atoms with Crippen molar-refractivity contribution in [2.75, 3.05) is 0 Å². The normalized spacial score (nSPS) is 11.8. The van der Waals surface area contributed by atoms with E-state index >= 15 is 0 Å². The summed E-state index contributed by atoms with van der Waals surface area (Å²) in [5.41, 5.74) is 0.640. The molecule has 0 fully saturated rings. The first-order valence-electron chi connectivity index (χ1n) is 5.87. The maximum atomic E-state index is 12.0. The predicted octanol–water partition coefficient (Wildman–Crippen LogP) is 3.65. The van der Waals surface area contributed by atoms with Crippen LogP contribution in [0.4, 0.5) is 0 Å². The SMILES string of the molecule is CCCCC(=O)c1oc(C)nc1C(C)(C)C. The zero-order chi connectivity index (χ0) is 12.3. The highest BCUT2D eigenvalue weighted by molar-refractivity contribution is 5.94. The van der Waals surface area contributed by atoms with E-state index < -0.39 is 0 Å². The van der Waals surface area contributed by atoms with Gasteiger partial charge in [0.05, 0.1) is 5.69 Å². The van der Waals surface area contributed by atoms with Crippen LogP contribution in [0.25, 0.3) is 0 Å². The summed E-state index contributed by atoms with van der Waals surface area (Å²) in [7, 11) is 0. The molecule has 1 rings (SSSR count). The van der Waals surface area contributed by atoms with Gasteiger partial charge < -0.3 is 4.42 Å². The van der Waals surface area contributed by atoms with Gasteiger partial charge in [0.25, 0.3) is 0 Å². The molecule has 0 N–H and O–H groups in total. The maximum Gasteiger partial charge on any atom is 0.200 e. The van der Waals surface area contributed by atoms with E-state index in [1.54, 1.807) is 6.92 Å². The molecule has 0 aliphatic carbocycles. The standard InChI is InChI=1S/C13H21NO2/c1-6-7-8-10(15)11-12(13(3,4)5)14-9(2)16-11/h6-8H2,1-5H3. The van der Waals surface area contributed by atoms with Crippen molar-refractivity contribution in [1.82, 2.24) is 4.98 Å². The van der Waals surface area contributed by atoms with Crippen molar-refractivity contribution in [2.24, 2.45) is 0 Å². The summed E-state index contributed by atoms with van der Waals surface area (Å²) >= 11 is 0. The average molecular weight is 223 g/mol. The number of carbonyl (C=O) groups is 1. The number of rotatable bonds is 4. The summed E-state index contributed by atoms with van der Waals surface area (Å²) in [6.07, 6.45) is 2.47. The number of aryl methyl sites for hydroxylation is 1. The minimum atomic E-state index is -0.144. The van der Waals surface area contributed by atoms with Crippen LogP contribution in [0, 0.1) is 6.92 Å². The lowest BCUT2D eigenvalue weighted by Crippen LogP contribution is -2.16. The highest BCUT2D eigenvalue weighted by Crippen LogP contribution is 2.27. The summed E-state index contributed by atoms with van der Waals surface area (Å²) in [4.78, 5) is 16.3. The van der Waals surface area contributed by atoms with Crippen LogP contribution in [0.1, 0.15) is 69.1 Å². The van der Waals surface area contributed by atoms with E-state index in [2.05, 4.69) is 11.9 Å². The van der Waals surface area contributed by atoms with E-state index in [1.807, 2.05) is 20.8 Å². The van der Waals surface area contributed by atoms with Crippen molar-refractivity contribution < 1.29 is 9.21 Å². The Hall–Kier alpha value is -1.12. The third-order valence-corrected chi connectivity index (χ3v) is 2.46. The van der Waals surface area contributed by atoms with Crippen molar-refractivity contribution in [1.29, 1.82) is 0 Å². The molecule has 3 heteroatoms. The van der Waals surface area contributed by atoms with Crippen LogP contribution < -0.4 is 0 Å². The molecule has 0 bridgehead atoms. The Balaban J connectivity index is 2.99. The van der Waals surface area contributed by atoms with Crippen molar-refractivity contribution >= 4 is 5.78 Å². The lowest BCUT2D eigenvalue weighted by atomic mass is 9.89. The van der Waals surface area contributed by atoms with E-state index in [0.717, 1.165) is 18.5 Å². The van der Waals surface area contributed by atoms with Crippen LogP contribution in [0.15, 0.2) is 4.42 Å². The van der Waals surface area contributed by atoms with Crippen LogP contribution in [0.3, 0.4) is 0 Å². The highest BCUT2D eigenvalue weighted by Gasteiger charge is 2.27. The number of carbonyl (C=O) groups excluding carboxylic acids is 1. The second kappa shape index (κ2) is 4.81. The Morgan fingerprint density at radius 2 is 2.00 bits per heavy atom. The van der Waals surface area contributed by atoms with E-state index in [4.69, 9.17) is 4.42 Å². The molecule has 1 aromatic heterocycles. The summed E-state index contributed by atoms with van der Waals surface area (Å²) in [5, 5.41) is 0. The summed E-state index contributed by atoms with van der Waals surface area (Å²) in [6.45, 7) is 9.98. The number of hydrogen-bond acceptors (Lipinski definition) is 3. The van der Waals surface area contributed by atoms with E-state index in [1.165, 1.54) is 0 Å². The number of oxazole rings is 1. The van der Waals surface area contributed by atoms with Gasteiger partial charge in [0.15, 0.2) is 17.4 Å². The maximum absolute atomic E-state index is 12.0. The number of Topliss-reactive ketones (excluding diaryl/α,β-unsaturated/α-hetero) is 1. The molecule has 0 spiro atoms. The molecule has 0 aromatic carbocycles. The van der Waals surface area contributed by atoms with Gasteiger partial charge in [-0.05, 0) is 6.42 Å². The minimum absolute atomic E-state index is 0.0763. The Labute approximate surface area is 97.3 Å². The molecule has 0 amide bonds. The second-order valence-corrected chi connectivity index (χ2v) is 5.19. The lowest BCUT2D eigenvalue weighted by Gasteiger charge is -2.15.